The number of H-pyrrole nitrogens is 1. The van der Waals surface area contributed by atoms with Crippen LogP contribution in [0.15, 0.2) is 16.9 Å². The van der Waals surface area contributed by atoms with Crippen LogP contribution in [0.5, 0.6) is 0 Å². The first-order valence-electron chi connectivity index (χ1n) is 9.74. The molecule has 3 heterocycles. The Morgan fingerprint density at radius 1 is 1.13 bits per heavy atom. The predicted molar refractivity (Wildman–Crippen MR) is 108 cm³/mol. The minimum absolute atomic E-state index is 0.0159. The lowest BCUT2D eigenvalue weighted by Gasteiger charge is -2.36. The van der Waals surface area contributed by atoms with E-state index in [2.05, 4.69) is 20.3 Å². The predicted octanol–water partition coefficient (Wildman–Crippen LogP) is 1.24. The number of piperazine rings is 1. The highest BCUT2D eigenvalue weighted by Crippen LogP contribution is 2.27. The second kappa shape index (κ2) is 8.34. The zero-order valence-electron chi connectivity index (χ0n) is 16.9. The van der Waals surface area contributed by atoms with E-state index in [1.807, 2.05) is 4.90 Å². The van der Waals surface area contributed by atoms with Crippen molar-refractivity contribution in [3.8, 4) is 0 Å². The number of hydrogen-bond acceptors (Lipinski definition) is 7. The molecule has 1 fully saturated rings. The van der Waals surface area contributed by atoms with Crippen LogP contribution >= 0.6 is 0 Å². The standard InChI is InChI=1S/C19H23F2N7O2/c1-26-17-15(24-25-26)18(29)23-19(22-17)28-7-5-27(6-8-28)16-13(20)10-12(11-14(16)21)4-3-9-30-2/h10-11H,3-9H2,1-2H3,(H,22,23,29). The molecule has 160 valence electrons. The summed E-state index contributed by atoms with van der Waals surface area (Å²) in [7, 11) is 3.26. The molecule has 11 heteroatoms. The Balaban J connectivity index is 1.48. The summed E-state index contributed by atoms with van der Waals surface area (Å²) >= 11 is 0. The molecule has 1 aliphatic heterocycles. The van der Waals surface area contributed by atoms with Gasteiger partial charge >= 0.3 is 0 Å². The summed E-state index contributed by atoms with van der Waals surface area (Å²) in [6.45, 7) is 2.23. The first kappa shape index (κ1) is 20.2. The quantitative estimate of drug-likeness (QED) is 0.601. The van der Waals surface area contributed by atoms with Crippen molar-refractivity contribution >= 4 is 22.8 Å². The molecule has 2 aromatic heterocycles. The largest absolute Gasteiger partial charge is 0.385 e. The van der Waals surface area contributed by atoms with Crippen LogP contribution in [0.4, 0.5) is 20.4 Å². The van der Waals surface area contributed by atoms with Crippen molar-refractivity contribution in [1.82, 2.24) is 25.0 Å². The normalized spacial score (nSPS) is 14.7. The zero-order chi connectivity index (χ0) is 21.3. The minimum Gasteiger partial charge on any atom is -0.385 e. The fourth-order valence-electron chi connectivity index (χ4n) is 3.69. The summed E-state index contributed by atoms with van der Waals surface area (Å²) in [5.41, 5.74) is 0.792. The first-order valence-corrected chi connectivity index (χ1v) is 9.74. The van der Waals surface area contributed by atoms with Crippen molar-refractivity contribution < 1.29 is 13.5 Å². The number of aryl methyl sites for hydroxylation is 2. The number of nitrogens with one attached hydrogen (secondary N) is 1. The Morgan fingerprint density at radius 3 is 2.47 bits per heavy atom. The molecule has 1 N–H and O–H groups in total. The van der Waals surface area contributed by atoms with Crippen LogP contribution < -0.4 is 15.4 Å². The highest BCUT2D eigenvalue weighted by molar-refractivity contribution is 5.69. The van der Waals surface area contributed by atoms with Crippen molar-refractivity contribution in [3.63, 3.8) is 0 Å². The molecule has 0 unspecified atom stereocenters. The summed E-state index contributed by atoms with van der Waals surface area (Å²) in [5.74, 6) is -0.735. The van der Waals surface area contributed by atoms with Crippen molar-refractivity contribution in [2.75, 3.05) is 49.7 Å². The van der Waals surface area contributed by atoms with Gasteiger partial charge in [0.1, 0.15) is 17.3 Å². The van der Waals surface area contributed by atoms with Gasteiger partial charge in [0, 0.05) is 46.9 Å². The highest BCUT2D eigenvalue weighted by atomic mass is 19.1. The fourth-order valence-corrected chi connectivity index (χ4v) is 3.69. The fraction of sp³-hybridized carbons (Fsp3) is 0.474. The van der Waals surface area contributed by atoms with E-state index in [4.69, 9.17) is 4.74 Å². The third-order valence-electron chi connectivity index (χ3n) is 5.24. The van der Waals surface area contributed by atoms with E-state index in [9.17, 15) is 13.6 Å². The van der Waals surface area contributed by atoms with E-state index in [-0.39, 0.29) is 16.8 Å². The van der Waals surface area contributed by atoms with Gasteiger partial charge in [0.05, 0.1) is 0 Å². The Kier molecular flexibility index (Phi) is 5.62. The van der Waals surface area contributed by atoms with Crippen molar-refractivity contribution in [3.05, 3.63) is 39.7 Å². The highest BCUT2D eigenvalue weighted by Gasteiger charge is 2.25. The van der Waals surface area contributed by atoms with Crippen LogP contribution in [-0.2, 0) is 18.2 Å². The molecule has 9 nitrogen and oxygen atoms in total. The Hall–Kier alpha value is -3.08. The molecule has 1 aromatic carbocycles. The molecule has 0 spiro atoms. The number of nitrogens with zero attached hydrogens (tertiary/aromatic N) is 6. The molecule has 0 bridgehead atoms. The third kappa shape index (κ3) is 3.84. The number of benzene rings is 1. The maximum absolute atomic E-state index is 14.7. The van der Waals surface area contributed by atoms with Gasteiger partial charge in [0.15, 0.2) is 11.2 Å². The molecule has 0 atom stereocenters. The molecule has 0 amide bonds. The Bertz CT molecular complexity index is 1080. The third-order valence-corrected chi connectivity index (χ3v) is 5.24. The van der Waals surface area contributed by atoms with Crippen molar-refractivity contribution in [2.24, 2.45) is 7.05 Å². The number of fused-ring (bicyclic) bond motifs is 1. The van der Waals surface area contributed by atoms with Gasteiger partial charge in [0.25, 0.3) is 5.56 Å². The van der Waals surface area contributed by atoms with Crippen LogP contribution in [0.3, 0.4) is 0 Å². The molecule has 0 saturated carbocycles. The smallest absolute Gasteiger partial charge is 0.282 e. The summed E-state index contributed by atoms with van der Waals surface area (Å²) in [6.07, 6.45) is 1.26. The van der Waals surface area contributed by atoms with Crippen LogP contribution in [0.2, 0.25) is 0 Å². The van der Waals surface area contributed by atoms with Gasteiger partial charge in [-0.15, -0.1) is 5.10 Å². The molecular formula is C19H23F2N7O2. The van der Waals surface area contributed by atoms with Gasteiger partial charge in [-0.25, -0.2) is 13.5 Å². The van der Waals surface area contributed by atoms with Crippen LogP contribution in [0.25, 0.3) is 11.2 Å². The maximum atomic E-state index is 14.7. The Morgan fingerprint density at radius 2 is 1.80 bits per heavy atom. The molecule has 1 saturated heterocycles. The molecular weight excluding hydrogens is 396 g/mol. The van der Waals surface area contributed by atoms with E-state index < -0.39 is 11.6 Å². The number of hydrogen-bond donors (Lipinski definition) is 1. The molecule has 1 aliphatic rings. The van der Waals surface area contributed by atoms with E-state index in [1.54, 1.807) is 19.1 Å². The van der Waals surface area contributed by atoms with Crippen LogP contribution in [-0.4, -0.2) is 64.9 Å². The lowest BCUT2D eigenvalue weighted by atomic mass is 10.1. The van der Waals surface area contributed by atoms with Gasteiger partial charge in [0.2, 0.25) is 5.95 Å². The number of anilines is 2. The SMILES string of the molecule is COCCCc1cc(F)c(N2CCN(c3nc4c(nnn4C)c(=O)[nH]3)CC2)c(F)c1. The number of ether oxygens (including phenoxy) is 1. The lowest BCUT2D eigenvalue weighted by Crippen LogP contribution is -2.48. The van der Waals surface area contributed by atoms with Gasteiger partial charge in [-0.3, -0.25) is 9.78 Å². The van der Waals surface area contributed by atoms with E-state index in [0.717, 1.165) is 0 Å². The summed E-state index contributed by atoms with van der Waals surface area (Å²) in [6, 6.07) is 2.78. The molecule has 30 heavy (non-hydrogen) atoms. The lowest BCUT2D eigenvalue weighted by molar-refractivity contribution is 0.195. The summed E-state index contributed by atoms with van der Waals surface area (Å²) in [4.78, 5) is 22.9. The monoisotopic (exact) mass is 419 g/mol. The van der Waals surface area contributed by atoms with E-state index >= 15 is 0 Å². The van der Waals surface area contributed by atoms with Gasteiger partial charge in [-0.2, -0.15) is 4.98 Å². The number of aromatic nitrogens is 5. The second-order valence-corrected chi connectivity index (χ2v) is 7.25. The van der Waals surface area contributed by atoms with Gasteiger partial charge < -0.3 is 14.5 Å². The second-order valence-electron chi connectivity index (χ2n) is 7.25. The van der Waals surface area contributed by atoms with Crippen LogP contribution in [0.1, 0.15) is 12.0 Å². The number of aromatic amines is 1. The molecule has 0 aliphatic carbocycles. The van der Waals surface area contributed by atoms with Gasteiger partial charge in [-0.05, 0) is 30.5 Å². The Labute approximate surface area is 171 Å². The van der Waals surface area contributed by atoms with E-state index in [1.165, 1.54) is 16.8 Å². The van der Waals surface area contributed by atoms with Crippen LogP contribution in [0, 0.1) is 11.6 Å². The number of rotatable bonds is 6. The average Bonchev–Trinajstić information content (AvgIpc) is 3.10. The molecule has 3 aromatic rings. The summed E-state index contributed by atoms with van der Waals surface area (Å²) in [5, 5.41) is 7.61. The minimum atomic E-state index is -0.565. The van der Waals surface area contributed by atoms with Crippen molar-refractivity contribution in [2.45, 2.75) is 12.8 Å². The number of halogens is 2. The van der Waals surface area contributed by atoms with Gasteiger partial charge in [-0.1, -0.05) is 5.21 Å². The average molecular weight is 419 g/mol. The topological polar surface area (TPSA) is 92.2 Å². The number of methoxy groups -OCH3 is 1. The van der Waals surface area contributed by atoms with Crippen molar-refractivity contribution in [1.29, 1.82) is 0 Å². The zero-order valence-corrected chi connectivity index (χ0v) is 16.9. The molecule has 0 radical (unpaired) electrons. The first-order chi connectivity index (χ1) is 14.5. The maximum Gasteiger partial charge on any atom is 0.282 e. The van der Waals surface area contributed by atoms with E-state index in [0.29, 0.717) is 62.8 Å². The molecule has 4 rings (SSSR count). The summed E-state index contributed by atoms with van der Waals surface area (Å²) < 4.78 is 35.7.